The second kappa shape index (κ2) is 10.5. The number of benzene rings is 2. The van der Waals surface area contributed by atoms with Gasteiger partial charge in [0.25, 0.3) is 11.8 Å². The highest BCUT2D eigenvalue weighted by atomic mass is 16.5. The van der Waals surface area contributed by atoms with E-state index in [4.69, 9.17) is 9.47 Å². The fraction of sp³-hybridized carbons (Fsp3) is 0.391. The molecule has 0 atom stereocenters. The minimum atomic E-state index is -0.0654. The predicted molar refractivity (Wildman–Crippen MR) is 111 cm³/mol. The van der Waals surface area contributed by atoms with Gasteiger partial charge in [-0.3, -0.25) is 9.59 Å². The predicted octanol–water partition coefficient (Wildman–Crippen LogP) is 2.77. The number of nitrogens with zero attached hydrogens (tertiary/aromatic N) is 2. The fourth-order valence-electron chi connectivity index (χ4n) is 3.24. The minimum Gasteiger partial charge on any atom is -0.484 e. The van der Waals surface area contributed by atoms with Crippen LogP contribution in [0.15, 0.2) is 54.6 Å². The van der Waals surface area contributed by atoms with Gasteiger partial charge in [0.15, 0.2) is 13.2 Å². The normalized spacial score (nSPS) is 13.8. The van der Waals surface area contributed by atoms with Crippen molar-refractivity contribution in [2.24, 2.45) is 0 Å². The number of carbonyl (C=O) groups excluding carboxylic acids is 2. The van der Waals surface area contributed by atoms with E-state index >= 15 is 0 Å². The number of amides is 2. The number of piperazine rings is 1. The molecule has 0 N–H and O–H groups in total. The SMILES string of the molecule is CCCc1ccc(OCC(=O)N2CCN(C(=O)COc3ccccc3)CC2)cc1. The molecule has 1 aliphatic heterocycles. The summed E-state index contributed by atoms with van der Waals surface area (Å²) in [6, 6.07) is 17.1. The van der Waals surface area contributed by atoms with Crippen molar-refractivity contribution in [2.45, 2.75) is 19.8 Å². The molecule has 154 valence electrons. The van der Waals surface area contributed by atoms with Crippen LogP contribution in [0.2, 0.25) is 0 Å². The minimum absolute atomic E-state index is 0.00903. The topological polar surface area (TPSA) is 59.1 Å². The van der Waals surface area contributed by atoms with E-state index in [0.717, 1.165) is 12.8 Å². The molecular weight excluding hydrogens is 368 g/mol. The Kier molecular flexibility index (Phi) is 7.50. The van der Waals surface area contributed by atoms with Crippen molar-refractivity contribution in [3.05, 3.63) is 60.2 Å². The lowest BCUT2D eigenvalue weighted by Gasteiger charge is -2.34. The number of ether oxygens (including phenoxy) is 2. The monoisotopic (exact) mass is 396 g/mol. The second-order valence-corrected chi connectivity index (χ2v) is 7.05. The van der Waals surface area contributed by atoms with E-state index in [9.17, 15) is 9.59 Å². The van der Waals surface area contributed by atoms with Gasteiger partial charge in [-0.2, -0.15) is 0 Å². The van der Waals surface area contributed by atoms with Crippen molar-refractivity contribution in [1.29, 1.82) is 0 Å². The Hall–Kier alpha value is -3.02. The lowest BCUT2D eigenvalue weighted by molar-refractivity contribution is -0.141. The van der Waals surface area contributed by atoms with E-state index < -0.39 is 0 Å². The highest BCUT2D eigenvalue weighted by molar-refractivity contribution is 5.80. The van der Waals surface area contributed by atoms with Crippen LogP contribution in [0.5, 0.6) is 11.5 Å². The van der Waals surface area contributed by atoms with Crippen molar-refractivity contribution in [3.8, 4) is 11.5 Å². The van der Waals surface area contributed by atoms with Crippen LogP contribution in [0.3, 0.4) is 0 Å². The average Bonchev–Trinajstić information content (AvgIpc) is 2.78. The first-order chi connectivity index (χ1) is 14.2. The van der Waals surface area contributed by atoms with E-state index in [1.54, 1.807) is 9.80 Å². The number of carbonyl (C=O) groups is 2. The quantitative estimate of drug-likeness (QED) is 0.689. The molecule has 2 aromatic carbocycles. The van der Waals surface area contributed by atoms with Crippen LogP contribution < -0.4 is 9.47 Å². The van der Waals surface area contributed by atoms with Crippen LogP contribution in [-0.2, 0) is 16.0 Å². The van der Waals surface area contributed by atoms with Crippen molar-refractivity contribution < 1.29 is 19.1 Å². The molecule has 29 heavy (non-hydrogen) atoms. The molecule has 0 aliphatic carbocycles. The first kappa shape index (κ1) is 20.7. The summed E-state index contributed by atoms with van der Waals surface area (Å²) in [5.41, 5.74) is 1.27. The fourth-order valence-corrected chi connectivity index (χ4v) is 3.24. The highest BCUT2D eigenvalue weighted by Gasteiger charge is 2.24. The molecule has 0 saturated carbocycles. The van der Waals surface area contributed by atoms with Gasteiger partial charge in [0.05, 0.1) is 0 Å². The molecular formula is C23H28N2O4. The molecule has 0 aromatic heterocycles. The third kappa shape index (κ3) is 6.24. The van der Waals surface area contributed by atoms with Crippen LogP contribution in [0, 0.1) is 0 Å². The van der Waals surface area contributed by atoms with Crippen molar-refractivity contribution in [1.82, 2.24) is 9.80 Å². The second-order valence-electron chi connectivity index (χ2n) is 7.05. The van der Waals surface area contributed by atoms with Gasteiger partial charge in [-0.1, -0.05) is 43.7 Å². The molecule has 0 unspecified atom stereocenters. The standard InChI is InChI=1S/C23H28N2O4/c1-2-6-19-9-11-21(12-10-19)29-18-23(27)25-15-13-24(14-16-25)22(26)17-28-20-7-4-3-5-8-20/h3-5,7-12H,2,6,13-18H2,1H3. The third-order valence-corrected chi connectivity index (χ3v) is 4.91. The van der Waals surface area contributed by atoms with Gasteiger partial charge in [0.1, 0.15) is 11.5 Å². The molecule has 1 fully saturated rings. The van der Waals surface area contributed by atoms with Crippen molar-refractivity contribution >= 4 is 11.8 Å². The molecule has 2 amide bonds. The zero-order chi connectivity index (χ0) is 20.5. The van der Waals surface area contributed by atoms with Crippen LogP contribution >= 0.6 is 0 Å². The molecule has 1 aliphatic rings. The summed E-state index contributed by atoms with van der Waals surface area (Å²) < 4.78 is 11.1. The van der Waals surface area contributed by atoms with E-state index in [-0.39, 0.29) is 25.0 Å². The maximum atomic E-state index is 12.4. The van der Waals surface area contributed by atoms with Gasteiger partial charge in [-0.05, 0) is 36.2 Å². The molecule has 6 heteroatoms. The number of hydrogen-bond donors (Lipinski definition) is 0. The highest BCUT2D eigenvalue weighted by Crippen LogP contribution is 2.14. The summed E-state index contributed by atoms with van der Waals surface area (Å²) in [5, 5.41) is 0. The maximum absolute atomic E-state index is 12.4. The van der Waals surface area contributed by atoms with Gasteiger partial charge >= 0.3 is 0 Å². The zero-order valence-electron chi connectivity index (χ0n) is 16.9. The summed E-state index contributed by atoms with van der Waals surface area (Å²) in [5.74, 6) is 1.25. The molecule has 0 radical (unpaired) electrons. The first-order valence-electron chi connectivity index (χ1n) is 10.1. The molecule has 2 aromatic rings. The largest absolute Gasteiger partial charge is 0.484 e. The van der Waals surface area contributed by atoms with Gasteiger partial charge < -0.3 is 19.3 Å². The Morgan fingerprint density at radius 1 is 0.759 bits per heavy atom. The smallest absolute Gasteiger partial charge is 0.260 e. The van der Waals surface area contributed by atoms with Crippen molar-refractivity contribution in [2.75, 3.05) is 39.4 Å². The number of rotatable bonds is 8. The molecule has 1 saturated heterocycles. The Morgan fingerprint density at radius 3 is 1.72 bits per heavy atom. The molecule has 1 heterocycles. The number of aryl methyl sites for hydroxylation is 1. The summed E-state index contributed by atoms with van der Waals surface area (Å²) >= 11 is 0. The number of hydrogen-bond acceptors (Lipinski definition) is 4. The van der Waals surface area contributed by atoms with Gasteiger partial charge in [-0.15, -0.1) is 0 Å². The van der Waals surface area contributed by atoms with E-state index in [1.807, 2.05) is 54.6 Å². The van der Waals surface area contributed by atoms with Crippen molar-refractivity contribution in [3.63, 3.8) is 0 Å². The van der Waals surface area contributed by atoms with Gasteiger partial charge in [0.2, 0.25) is 0 Å². The van der Waals surface area contributed by atoms with Crippen LogP contribution in [-0.4, -0.2) is 61.0 Å². The van der Waals surface area contributed by atoms with E-state index in [0.29, 0.717) is 37.7 Å². The molecule has 6 nitrogen and oxygen atoms in total. The summed E-state index contributed by atoms with van der Waals surface area (Å²) in [7, 11) is 0. The van der Waals surface area contributed by atoms with Crippen LogP contribution in [0.1, 0.15) is 18.9 Å². The molecule has 0 spiro atoms. The average molecular weight is 396 g/mol. The molecule has 0 bridgehead atoms. The first-order valence-corrected chi connectivity index (χ1v) is 10.1. The van der Waals surface area contributed by atoms with Gasteiger partial charge in [-0.25, -0.2) is 0 Å². The van der Waals surface area contributed by atoms with E-state index in [1.165, 1.54) is 5.56 Å². The van der Waals surface area contributed by atoms with Crippen LogP contribution in [0.4, 0.5) is 0 Å². The maximum Gasteiger partial charge on any atom is 0.260 e. The Morgan fingerprint density at radius 2 is 1.24 bits per heavy atom. The van der Waals surface area contributed by atoms with E-state index in [2.05, 4.69) is 6.92 Å². The number of para-hydroxylation sites is 1. The Labute approximate surface area is 172 Å². The lowest BCUT2D eigenvalue weighted by atomic mass is 10.1. The lowest BCUT2D eigenvalue weighted by Crippen LogP contribution is -2.52. The summed E-state index contributed by atoms with van der Waals surface area (Å²) in [4.78, 5) is 28.2. The zero-order valence-corrected chi connectivity index (χ0v) is 16.9. The third-order valence-electron chi connectivity index (χ3n) is 4.91. The van der Waals surface area contributed by atoms with Crippen LogP contribution in [0.25, 0.3) is 0 Å². The Bertz CT molecular complexity index is 784. The summed E-state index contributed by atoms with van der Waals surface area (Å²) in [6.45, 7) is 4.20. The summed E-state index contributed by atoms with van der Waals surface area (Å²) in [6.07, 6.45) is 2.14. The molecule has 3 rings (SSSR count). The Balaban J connectivity index is 1.38. The van der Waals surface area contributed by atoms with Gasteiger partial charge in [0, 0.05) is 26.2 Å².